The van der Waals surface area contributed by atoms with Gasteiger partial charge in [0.15, 0.2) is 0 Å². The zero-order valence-electron chi connectivity index (χ0n) is 12.2. The number of H-pyrrole nitrogens is 1. The van der Waals surface area contributed by atoms with Gasteiger partial charge >= 0.3 is 0 Å². The van der Waals surface area contributed by atoms with Crippen LogP contribution in [0.5, 0.6) is 0 Å². The van der Waals surface area contributed by atoms with Gasteiger partial charge in [0.05, 0.1) is 23.1 Å². The van der Waals surface area contributed by atoms with Crippen LogP contribution in [-0.2, 0) is 0 Å². The molecule has 0 saturated heterocycles. The van der Waals surface area contributed by atoms with Crippen LogP contribution in [0.1, 0.15) is 10.4 Å². The number of aromatic nitrogens is 2. The van der Waals surface area contributed by atoms with Gasteiger partial charge in [0.25, 0.3) is 11.5 Å². The Morgan fingerprint density at radius 1 is 1.30 bits per heavy atom. The van der Waals surface area contributed by atoms with Crippen LogP contribution < -0.4 is 16.2 Å². The Balaban J connectivity index is 2.06. The van der Waals surface area contributed by atoms with E-state index in [-0.39, 0.29) is 5.56 Å². The van der Waals surface area contributed by atoms with Gasteiger partial charge in [0, 0.05) is 18.6 Å². The van der Waals surface area contributed by atoms with E-state index in [0.717, 1.165) is 0 Å². The normalized spacial score (nSPS) is 10.5. The smallest absolute Gasteiger partial charge is 0.261 e. The maximum atomic E-state index is 13.6. The third-order valence-electron chi connectivity index (χ3n) is 3.35. The minimum absolute atomic E-state index is 0.103. The number of rotatable bonds is 3. The topological polar surface area (TPSA) is 86.9 Å². The predicted octanol–water partition coefficient (Wildman–Crippen LogP) is 2.36. The van der Waals surface area contributed by atoms with Crippen molar-refractivity contribution in [2.24, 2.45) is 0 Å². The summed E-state index contributed by atoms with van der Waals surface area (Å²) in [7, 11) is 1.62. The molecular formula is C16H13FN4O2. The molecule has 1 amide bonds. The van der Waals surface area contributed by atoms with Crippen LogP contribution in [0.15, 0.2) is 47.5 Å². The monoisotopic (exact) mass is 312 g/mol. The van der Waals surface area contributed by atoms with Gasteiger partial charge in [-0.1, -0.05) is 0 Å². The molecule has 23 heavy (non-hydrogen) atoms. The number of fused-ring (bicyclic) bond motifs is 1. The number of nitrogens with zero attached hydrogens (tertiary/aromatic N) is 1. The molecule has 7 heteroatoms. The van der Waals surface area contributed by atoms with Crippen molar-refractivity contribution < 1.29 is 9.18 Å². The van der Waals surface area contributed by atoms with Crippen LogP contribution in [0.25, 0.3) is 10.9 Å². The zero-order chi connectivity index (χ0) is 16.4. The summed E-state index contributed by atoms with van der Waals surface area (Å²) in [6.07, 6.45) is 3.03. The summed E-state index contributed by atoms with van der Waals surface area (Å²) in [5.41, 5.74) is 0.691. The average molecular weight is 312 g/mol. The number of anilines is 2. The molecule has 6 nitrogen and oxygen atoms in total. The number of hydrogen-bond acceptors (Lipinski definition) is 4. The molecule has 0 aliphatic heterocycles. The van der Waals surface area contributed by atoms with Crippen molar-refractivity contribution in [3.05, 3.63) is 64.5 Å². The van der Waals surface area contributed by atoms with Crippen LogP contribution in [0.3, 0.4) is 0 Å². The maximum absolute atomic E-state index is 13.6. The first kappa shape index (κ1) is 14.7. The molecule has 0 radical (unpaired) electrons. The number of amides is 1. The van der Waals surface area contributed by atoms with Crippen molar-refractivity contribution in [2.75, 3.05) is 17.7 Å². The van der Waals surface area contributed by atoms with Crippen molar-refractivity contribution in [3.8, 4) is 0 Å². The highest BCUT2D eigenvalue weighted by Gasteiger charge is 2.14. The fourth-order valence-electron chi connectivity index (χ4n) is 2.28. The third kappa shape index (κ3) is 2.89. The van der Waals surface area contributed by atoms with E-state index in [2.05, 4.69) is 20.6 Å². The molecule has 0 unspecified atom stereocenters. The predicted molar refractivity (Wildman–Crippen MR) is 86.3 cm³/mol. The van der Waals surface area contributed by atoms with Gasteiger partial charge in [-0.05, 0) is 30.3 Å². The molecule has 3 aromatic rings. The van der Waals surface area contributed by atoms with Gasteiger partial charge in [-0.2, -0.15) is 0 Å². The first-order chi connectivity index (χ1) is 11.1. The van der Waals surface area contributed by atoms with E-state index in [0.29, 0.717) is 22.3 Å². The molecule has 3 N–H and O–H groups in total. The number of aromatic amines is 1. The largest absolute Gasteiger partial charge is 0.386 e. The molecule has 0 aliphatic carbocycles. The summed E-state index contributed by atoms with van der Waals surface area (Å²) in [4.78, 5) is 30.9. The molecule has 3 rings (SSSR count). The van der Waals surface area contributed by atoms with Crippen LogP contribution in [-0.4, -0.2) is 22.9 Å². The lowest BCUT2D eigenvalue weighted by atomic mass is 10.1. The molecule has 0 bridgehead atoms. The summed E-state index contributed by atoms with van der Waals surface area (Å²) in [5.74, 6) is -1.05. The van der Waals surface area contributed by atoms with E-state index in [9.17, 15) is 14.0 Å². The number of carbonyl (C=O) groups excluding carboxylic acids is 1. The highest BCUT2D eigenvalue weighted by Crippen LogP contribution is 2.22. The molecule has 0 spiro atoms. The average Bonchev–Trinajstić information content (AvgIpc) is 2.54. The number of carbonyl (C=O) groups is 1. The number of pyridine rings is 2. The summed E-state index contributed by atoms with van der Waals surface area (Å²) in [6, 6.07) is 7.21. The van der Waals surface area contributed by atoms with Crippen LogP contribution in [0, 0.1) is 5.82 Å². The molecule has 2 aromatic heterocycles. The second-order valence-corrected chi connectivity index (χ2v) is 4.88. The van der Waals surface area contributed by atoms with E-state index in [1.165, 1.54) is 24.4 Å². The van der Waals surface area contributed by atoms with E-state index in [1.807, 2.05) is 0 Å². The van der Waals surface area contributed by atoms with Gasteiger partial charge < -0.3 is 15.6 Å². The number of nitrogens with one attached hydrogen (secondary N) is 3. The summed E-state index contributed by atoms with van der Waals surface area (Å²) in [6.45, 7) is 0. The maximum Gasteiger partial charge on any atom is 0.261 e. The lowest BCUT2D eigenvalue weighted by Crippen LogP contribution is -2.23. The minimum Gasteiger partial charge on any atom is -0.386 e. The standard InChI is InChI=1S/C16H13FN4O2/c1-18-13-7-10(17)5-9-6-12(16(23)21-14(9)13)15(22)20-11-3-2-4-19-8-11/h2-8,18H,1H3,(H,20,22)(H,21,23). The lowest BCUT2D eigenvalue weighted by Gasteiger charge is -2.09. The van der Waals surface area contributed by atoms with Crippen molar-refractivity contribution in [1.29, 1.82) is 0 Å². The fraction of sp³-hybridized carbons (Fsp3) is 0.0625. The highest BCUT2D eigenvalue weighted by molar-refractivity contribution is 6.06. The third-order valence-corrected chi connectivity index (χ3v) is 3.35. The Morgan fingerprint density at radius 3 is 2.83 bits per heavy atom. The Labute approximate surface area is 130 Å². The van der Waals surface area contributed by atoms with E-state index < -0.39 is 17.3 Å². The SMILES string of the molecule is CNc1cc(F)cc2cc(C(=O)Nc3cccnc3)c(=O)[nH]c12. The Bertz CT molecular complexity index is 938. The molecule has 2 heterocycles. The second kappa shape index (κ2) is 5.88. The minimum atomic E-state index is -0.587. The zero-order valence-corrected chi connectivity index (χ0v) is 12.2. The Hall–Kier alpha value is -3.22. The number of hydrogen-bond donors (Lipinski definition) is 3. The van der Waals surface area contributed by atoms with Crippen molar-refractivity contribution >= 4 is 28.2 Å². The van der Waals surface area contributed by atoms with E-state index in [1.54, 1.807) is 25.4 Å². The molecular weight excluding hydrogens is 299 g/mol. The molecule has 0 aliphatic rings. The number of benzene rings is 1. The van der Waals surface area contributed by atoms with Gasteiger partial charge in [0.1, 0.15) is 11.4 Å². The van der Waals surface area contributed by atoms with E-state index in [4.69, 9.17) is 0 Å². The summed E-state index contributed by atoms with van der Waals surface area (Å²) < 4.78 is 13.6. The van der Waals surface area contributed by atoms with E-state index >= 15 is 0 Å². The number of halogens is 1. The Kier molecular flexibility index (Phi) is 3.76. The quantitative estimate of drug-likeness (QED) is 0.693. The van der Waals surface area contributed by atoms with Crippen LogP contribution in [0.2, 0.25) is 0 Å². The highest BCUT2D eigenvalue weighted by atomic mass is 19.1. The fourth-order valence-corrected chi connectivity index (χ4v) is 2.28. The second-order valence-electron chi connectivity index (χ2n) is 4.88. The van der Waals surface area contributed by atoms with Crippen molar-refractivity contribution in [2.45, 2.75) is 0 Å². The van der Waals surface area contributed by atoms with Crippen molar-refractivity contribution in [1.82, 2.24) is 9.97 Å². The van der Waals surface area contributed by atoms with Gasteiger partial charge in [-0.3, -0.25) is 14.6 Å². The molecule has 0 saturated carbocycles. The van der Waals surface area contributed by atoms with Crippen molar-refractivity contribution in [3.63, 3.8) is 0 Å². The first-order valence-electron chi connectivity index (χ1n) is 6.84. The molecule has 0 atom stereocenters. The summed E-state index contributed by atoms with van der Waals surface area (Å²) in [5, 5.41) is 5.81. The molecule has 116 valence electrons. The van der Waals surface area contributed by atoms with Gasteiger partial charge in [-0.15, -0.1) is 0 Å². The molecule has 1 aromatic carbocycles. The van der Waals surface area contributed by atoms with Gasteiger partial charge in [-0.25, -0.2) is 4.39 Å². The first-order valence-corrected chi connectivity index (χ1v) is 6.84. The van der Waals surface area contributed by atoms with Crippen LogP contribution >= 0.6 is 0 Å². The van der Waals surface area contributed by atoms with Gasteiger partial charge in [0.2, 0.25) is 0 Å². The summed E-state index contributed by atoms with van der Waals surface area (Å²) >= 11 is 0. The molecule has 0 fully saturated rings. The van der Waals surface area contributed by atoms with Crippen LogP contribution in [0.4, 0.5) is 15.8 Å². The Morgan fingerprint density at radius 2 is 2.13 bits per heavy atom. The lowest BCUT2D eigenvalue weighted by molar-refractivity contribution is 0.102.